The molecule has 0 spiro atoms. The molecular formula is C20H13F2N3O4S. The molecular weight excluding hydrogens is 416 g/mol. The first-order valence-corrected chi connectivity index (χ1v) is 9.33. The fraction of sp³-hybridized carbons (Fsp3) is 0.0500. The number of anilines is 1. The van der Waals surface area contributed by atoms with Gasteiger partial charge in [0.25, 0.3) is 5.91 Å². The minimum Gasteiger partial charge on any atom is -0.503 e. The Bertz CT molecular complexity index is 1260. The Kier molecular flexibility index (Phi) is 5.15. The van der Waals surface area contributed by atoms with Crippen LogP contribution < -0.4 is 14.8 Å². The predicted octanol–water partition coefficient (Wildman–Crippen LogP) is 4.73. The maximum absolute atomic E-state index is 13.8. The number of hydrogen-bond acceptors (Lipinski definition) is 7. The van der Waals surface area contributed by atoms with Crippen LogP contribution in [0.3, 0.4) is 0 Å². The minimum absolute atomic E-state index is 0.117. The molecule has 0 bridgehead atoms. The molecule has 30 heavy (non-hydrogen) atoms. The number of amides is 1. The summed E-state index contributed by atoms with van der Waals surface area (Å²) in [5.74, 6) is -2.23. The summed E-state index contributed by atoms with van der Waals surface area (Å²) in [4.78, 5) is 20.6. The highest BCUT2D eigenvalue weighted by molar-refractivity contribution is 7.22. The SMILES string of the molecule is COc1ccnc(C(=O)Nc2nc3ccc(Oc4ccc(F)cc4F)cc3s2)c1O. The van der Waals surface area contributed by atoms with Gasteiger partial charge in [0, 0.05) is 24.4 Å². The van der Waals surface area contributed by atoms with Crippen molar-refractivity contribution in [1.29, 1.82) is 0 Å². The van der Waals surface area contributed by atoms with Gasteiger partial charge in [-0.2, -0.15) is 0 Å². The maximum Gasteiger partial charge on any atom is 0.280 e. The summed E-state index contributed by atoms with van der Waals surface area (Å²) in [6.45, 7) is 0. The van der Waals surface area contributed by atoms with E-state index in [4.69, 9.17) is 9.47 Å². The zero-order chi connectivity index (χ0) is 21.3. The lowest BCUT2D eigenvalue weighted by Gasteiger charge is -2.06. The maximum atomic E-state index is 13.8. The molecule has 152 valence electrons. The van der Waals surface area contributed by atoms with Gasteiger partial charge in [0.2, 0.25) is 0 Å². The molecule has 0 aliphatic rings. The molecule has 0 radical (unpaired) electrons. The van der Waals surface area contributed by atoms with E-state index in [9.17, 15) is 18.7 Å². The lowest BCUT2D eigenvalue weighted by molar-refractivity contribution is 0.101. The number of carbonyl (C=O) groups excluding carboxylic acids is 1. The molecule has 2 aromatic heterocycles. The summed E-state index contributed by atoms with van der Waals surface area (Å²) < 4.78 is 37.9. The van der Waals surface area contributed by atoms with Crippen LogP contribution in [0.2, 0.25) is 0 Å². The smallest absolute Gasteiger partial charge is 0.280 e. The summed E-state index contributed by atoms with van der Waals surface area (Å²) in [6.07, 6.45) is 1.34. The highest BCUT2D eigenvalue weighted by Crippen LogP contribution is 2.33. The van der Waals surface area contributed by atoms with E-state index < -0.39 is 17.5 Å². The zero-order valence-corrected chi connectivity index (χ0v) is 16.2. The Morgan fingerprint density at radius 3 is 2.73 bits per heavy atom. The number of methoxy groups -OCH3 is 1. The molecule has 1 amide bonds. The number of halogens is 2. The molecule has 7 nitrogen and oxygen atoms in total. The molecule has 10 heteroatoms. The van der Waals surface area contributed by atoms with Crippen molar-refractivity contribution in [3.05, 3.63) is 66.0 Å². The number of nitrogens with zero attached hydrogens (tertiary/aromatic N) is 2. The van der Waals surface area contributed by atoms with Crippen molar-refractivity contribution in [2.24, 2.45) is 0 Å². The van der Waals surface area contributed by atoms with Gasteiger partial charge >= 0.3 is 0 Å². The topological polar surface area (TPSA) is 93.6 Å². The summed E-state index contributed by atoms with van der Waals surface area (Å²) in [5, 5.41) is 12.9. The monoisotopic (exact) mass is 429 g/mol. The van der Waals surface area contributed by atoms with Crippen LogP contribution >= 0.6 is 11.3 Å². The third-order valence-corrected chi connectivity index (χ3v) is 4.96. The second kappa shape index (κ2) is 7.91. The van der Waals surface area contributed by atoms with E-state index in [-0.39, 0.29) is 28.1 Å². The molecule has 0 aliphatic carbocycles. The van der Waals surface area contributed by atoms with E-state index in [1.807, 2.05) is 0 Å². The fourth-order valence-corrected chi connectivity index (χ4v) is 3.52. The van der Waals surface area contributed by atoms with Crippen molar-refractivity contribution in [3.8, 4) is 23.0 Å². The second-order valence-electron chi connectivity index (χ2n) is 5.99. The van der Waals surface area contributed by atoms with Crippen LogP contribution in [0.4, 0.5) is 13.9 Å². The number of rotatable bonds is 5. The van der Waals surface area contributed by atoms with Gasteiger partial charge in [0.1, 0.15) is 11.6 Å². The van der Waals surface area contributed by atoms with Crippen molar-refractivity contribution in [3.63, 3.8) is 0 Å². The molecule has 2 N–H and O–H groups in total. The predicted molar refractivity (Wildman–Crippen MR) is 106 cm³/mol. The first kappa shape index (κ1) is 19.5. The molecule has 0 fully saturated rings. The van der Waals surface area contributed by atoms with E-state index in [0.29, 0.717) is 16.0 Å². The number of carbonyl (C=O) groups is 1. The summed E-state index contributed by atoms with van der Waals surface area (Å²) in [7, 11) is 1.36. The summed E-state index contributed by atoms with van der Waals surface area (Å²) in [6, 6.07) is 9.28. The molecule has 0 saturated carbocycles. The molecule has 2 aromatic carbocycles. The van der Waals surface area contributed by atoms with Crippen LogP contribution in [-0.2, 0) is 0 Å². The van der Waals surface area contributed by atoms with Crippen molar-refractivity contribution in [1.82, 2.24) is 9.97 Å². The Morgan fingerprint density at radius 2 is 1.97 bits per heavy atom. The van der Waals surface area contributed by atoms with Crippen molar-refractivity contribution < 1.29 is 28.2 Å². The number of pyridine rings is 1. The summed E-state index contributed by atoms with van der Waals surface area (Å²) in [5.41, 5.74) is 0.370. The van der Waals surface area contributed by atoms with Crippen LogP contribution in [0.1, 0.15) is 10.5 Å². The van der Waals surface area contributed by atoms with Crippen molar-refractivity contribution in [2.45, 2.75) is 0 Å². The molecule has 0 aliphatic heterocycles. The standard InChI is InChI=1S/C20H13F2N3O4S/c1-28-15-6-7-23-17(18(15)26)19(27)25-20-24-13-4-3-11(9-16(13)30-20)29-14-5-2-10(21)8-12(14)22/h2-9,26H,1H3,(H,24,25,27). The molecule has 0 saturated heterocycles. The van der Waals surface area contributed by atoms with Gasteiger partial charge in [-0.1, -0.05) is 11.3 Å². The number of benzene rings is 2. The zero-order valence-electron chi connectivity index (χ0n) is 15.3. The number of aromatic nitrogens is 2. The first-order chi connectivity index (χ1) is 14.4. The highest BCUT2D eigenvalue weighted by Gasteiger charge is 2.18. The van der Waals surface area contributed by atoms with Crippen LogP contribution in [-0.4, -0.2) is 28.1 Å². The largest absolute Gasteiger partial charge is 0.503 e. The number of nitrogens with one attached hydrogen (secondary N) is 1. The molecule has 4 rings (SSSR count). The van der Waals surface area contributed by atoms with Gasteiger partial charge in [0.05, 0.1) is 17.3 Å². The van der Waals surface area contributed by atoms with Gasteiger partial charge in [0.15, 0.2) is 33.9 Å². The minimum atomic E-state index is -0.821. The molecule has 0 atom stereocenters. The Morgan fingerprint density at radius 1 is 1.13 bits per heavy atom. The molecule has 0 unspecified atom stereocenters. The van der Waals surface area contributed by atoms with E-state index >= 15 is 0 Å². The Balaban J connectivity index is 1.56. The Hall–Kier alpha value is -3.79. The second-order valence-corrected chi connectivity index (χ2v) is 7.02. The summed E-state index contributed by atoms with van der Waals surface area (Å²) >= 11 is 1.15. The third-order valence-electron chi connectivity index (χ3n) is 4.02. The highest BCUT2D eigenvalue weighted by atomic mass is 32.1. The van der Waals surface area contributed by atoms with Gasteiger partial charge in [-0.15, -0.1) is 0 Å². The van der Waals surface area contributed by atoms with Crippen molar-refractivity contribution >= 4 is 32.6 Å². The quantitative estimate of drug-likeness (QED) is 0.477. The van der Waals surface area contributed by atoms with E-state index in [1.165, 1.54) is 25.4 Å². The number of aromatic hydroxyl groups is 1. The molecule has 4 aromatic rings. The van der Waals surface area contributed by atoms with E-state index in [2.05, 4.69) is 15.3 Å². The lowest BCUT2D eigenvalue weighted by atomic mass is 10.3. The first-order valence-electron chi connectivity index (χ1n) is 8.51. The molecule has 2 heterocycles. The van der Waals surface area contributed by atoms with Gasteiger partial charge < -0.3 is 14.6 Å². The van der Waals surface area contributed by atoms with E-state index in [1.54, 1.807) is 18.2 Å². The number of hydrogen-bond donors (Lipinski definition) is 2. The van der Waals surface area contributed by atoms with Crippen LogP contribution in [0.5, 0.6) is 23.0 Å². The van der Waals surface area contributed by atoms with Gasteiger partial charge in [-0.3, -0.25) is 10.1 Å². The Labute approximate surface area is 172 Å². The van der Waals surface area contributed by atoms with Crippen LogP contribution in [0.15, 0.2) is 48.7 Å². The average Bonchev–Trinajstić information content (AvgIpc) is 3.11. The van der Waals surface area contributed by atoms with Gasteiger partial charge in [-0.25, -0.2) is 18.7 Å². The average molecular weight is 429 g/mol. The van der Waals surface area contributed by atoms with Crippen LogP contribution in [0.25, 0.3) is 10.2 Å². The number of fused-ring (bicyclic) bond motifs is 1. The fourth-order valence-electron chi connectivity index (χ4n) is 2.63. The van der Waals surface area contributed by atoms with E-state index in [0.717, 1.165) is 23.5 Å². The lowest BCUT2D eigenvalue weighted by Crippen LogP contribution is -2.13. The van der Waals surface area contributed by atoms with Crippen molar-refractivity contribution in [2.75, 3.05) is 12.4 Å². The number of thiazole rings is 1. The van der Waals surface area contributed by atoms with Crippen LogP contribution in [0, 0.1) is 11.6 Å². The number of ether oxygens (including phenoxy) is 2. The third kappa shape index (κ3) is 3.85. The normalized spacial score (nSPS) is 10.8. The van der Waals surface area contributed by atoms with Gasteiger partial charge in [-0.05, 0) is 24.3 Å².